The molecule has 136 valence electrons. The Labute approximate surface area is 149 Å². The molecule has 0 fully saturated rings. The minimum absolute atomic E-state index is 0.0425. The number of ether oxygens (including phenoxy) is 1. The van der Waals surface area contributed by atoms with Crippen molar-refractivity contribution in [2.75, 3.05) is 6.61 Å². The third-order valence-corrected chi connectivity index (χ3v) is 3.18. The van der Waals surface area contributed by atoms with Crippen LogP contribution in [0.15, 0.2) is 65.3 Å². The minimum atomic E-state index is -4.46. The van der Waals surface area contributed by atoms with Crippen molar-refractivity contribution in [1.82, 2.24) is 5.43 Å². The molecule has 1 amide bonds. The zero-order chi connectivity index (χ0) is 19.0. The van der Waals surface area contributed by atoms with Crippen LogP contribution >= 0.6 is 0 Å². The van der Waals surface area contributed by atoms with E-state index in [0.717, 1.165) is 23.3 Å². The van der Waals surface area contributed by atoms with E-state index in [9.17, 15) is 18.0 Å². The predicted octanol–water partition coefficient (Wildman–Crippen LogP) is 4.29. The first kappa shape index (κ1) is 19.2. The SMILES string of the molecule is CC(/C=N\NC(=O)COc1cccc(C(F)(F)F)c1)=C/c1ccccc1. The van der Waals surface area contributed by atoms with E-state index in [-0.39, 0.29) is 5.75 Å². The number of benzene rings is 2. The lowest BCUT2D eigenvalue weighted by Gasteiger charge is -2.09. The zero-order valence-electron chi connectivity index (χ0n) is 14.0. The molecule has 0 aliphatic rings. The number of rotatable bonds is 6. The number of hydrazone groups is 1. The van der Waals surface area contributed by atoms with Crippen LogP contribution in [0.4, 0.5) is 13.2 Å². The summed E-state index contributed by atoms with van der Waals surface area (Å²) in [7, 11) is 0. The first-order valence-corrected chi connectivity index (χ1v) is 7.70. The molecular weight excluding hydrogens is 345 g/mol. The molecule has 1 N–H and O–H groups in total. The molecule has 0 saturated carbocycles. The van der Waals surface area contributed by atoms with Gasteiger partial charge in [-0.05, 0) is 36.3 Å². The van der Waals surface area contributed by atoms with E-state index >= 15 is 0 Å². The minimum Gasteiger partial charge on any atom is -0.484 e. The van der Waals surface area contributed by atoms with E-state index in [1.807, 2.05) is 43.3 Å². The number of hydrogen-bond donors (Lipinski definition) is 1. The van der Waals surface area contributed by atoms with Crippen LogP contribution in [0.5, 0.6) is 5.75 Å². The average Bonchev–Trinajstić information content (AvgIpc) is 2.60. The summed E-state index contributed by atoms with van der Waals surface area (Å²) in [6, 6.07) is 13.9. The van der Waals surface area contributed by atoms with E-state index in [0.29, 0.717) is 0 Å². The second-order valence-electron chi connectivity index (χ2n) is 5.41. The van der Waals surface area contributed by atoms with Gasteiger partial charge in [0.05, 0.1) is 11.8 Å². The van der Waals surface area contributed by atoms with Gasteiger partial charge in [0.1, 0.15) is 5.75 Å². The highest BCUT2D eigenvalue weighted by Gasteiger charge is 2.30. The van der Waals surface area contributed by atoms with Gasteiger partial charge in [-0.2, -0.15) is 18.3 Å². The van der Waals surface area contributed by atoms with Crippen LogP contribution in [0.25, 0.3) is 6.08 Å². The van der Waals surface area contributed by atoms with E-state index in [2.05, 4.69) is 10.5 Å². The van der Waals surface area contributed by atoms with Gasteiger partial charge >= 0.3 is 6.18 Å². The summed E-state index contributed by atoms with van der Waals surface area (Å²) in [5.41, 5.74) is 3.23. The Morgan fingerprint density at radius 1 is 1.15 bits per heavy atom. The fraction of sp³-hybridized carbons (Fsp3) is 0.158. The van der Waals surface area contributed by atoms with Crippen molar-refractivity contribution in [3.05, 3.63) is 71.3 Å². The number of nitrogens with zero attached hydrogens (tertiary/aromatic N) is 1. The topological polar surface area (TPSA) is 50.7 Å². The van der Waals surface area contributed by atoms with Gasteiger partial charge in [0.25, 0.3) is 5.91 Å². The van der Waals surface area contributed by atoms with Crippen molar-refractivity contribution in [3.63, 3.8) is 0 Å². The molecule has 0 unspecified atom stereocenters. The van der Waals surface area contributed by atoms with Gasteiger partial charge in [-0.3, -0.25) is 4.79 Å². The lowest BCUT2D eigenvalue weighted by Crippen LogP contribution is -2.24. The van der Waals surface area contributed by atoms with E-state index in [4.69, 9.17) is 4.74 Å². The Hall–Kier alpha value is -3.09. The number of allylic oxidation sites excluding steroid dienone is 1. The first-order valence-electron chi connectivity index (χ1n) is 7.70. The summed E-state index contributed by atoms with van der Waals surface area (Å²) in [6.45, 7) is 1.38. The molecule has 0 aliphatic heterocycles. The highest BCUT2D eigenvalue weighted by Crippen LogP contribution is 2.31. The molecule has 26 heavy (non-hydrogen) atoms. The van der Waals surface area contributed by atoms with Crippen molar-refractivity contribution in [3.8, 4) is 5.75 Å². The van der Waals surface area contributed by atoms with Gasteiger partial charge in [-0.15, -0.1) is 0 Å². The van der Waals surface area contributed by atoms with Gasteiger partial charge in [-0.25, -0.2) is 5.43 Å². The first-order chi connectivity index (χ1) is 12.3. The maximum Gasteiger partial charge on any atom is 0.416 e. The van der Waals surface area contributed by atoms with Crippen LogP contribution in [0.3, 0.4) is 0 Å². The molecule has 2 rings (SSSR count). The zero-order valence-corrected chi connectivity index (χ0v) is 14.0. The summed E-state index contributed by atoms with van der Waals surface area (Å²) in [5.74, 6) is -0.620. The van der Waals surface area contributed by atoms with E-state index in [1.54, 1.807) is 0 Å². The number of amides is 1. The van der Waals surface area contributed by atoms with Crippen molar-refractivity contribution >= 4 is 18.2 Å². The molecule has 2 aromatic rings. The number of carbonyl (C=O) groups excluding carboxylic acids is 1. The fourth-order valence-electron chi connectivity index (χ4n) is 2.00. The predicted molar refractivity (Wildman–Crippen MR) is 93.7 cm³/mol. The van der Waals surface area contributed by atoms with Crippen LogP contribution in [0, 0.1) is 0 Å². The quantitative estimate of drug-likeness (QED) is 0.616. The van der Waals surface area contributed by atoms with Crippen LogP contribution in [0.1, 0.15) is 18.1 Å². The lowest BCUT2D eigenvalue weighted by molar-refractivity contribution is -0.137. The maximum atomic E-state index is 12.6. The largest absolute Gasteiger partial charge is 0.484 e. The second-order valence-corrected chi connectivity index (χ2v) is 5.41. The van der Waals surface area contributed by atoms with Crippen molar-refractivity contribution in [2.45, 2.75) is 13.1 Å². The molecule has 0 aromatic heterocycles. The maximum absolute atomic E-state index is 12.6. The Bertz CT molecular complexity index is 800. The van der Waals surface area contributed by atoms with Crippen LogP contribution < -0.4 is 10.2 Å². The van der Waals surface area contributed by atoms with Gasteiger partial charge in [-0.1, -0.05) is 42.5 Å². The summed E-state index contributed by atoms with van der Waals surface area (Å²) < 4.78 is 42.9. The third-order valence-electron chi connectivity index (χ3n) is 3.18. The van der Waals surface area contributed by atoms with Gasteiger partial charge in [0, 0.05) is 0 Å². The Morgan fingerprint density at radius 3 is 2.58 bits per heavy atom. The van der Waals surface area contributed by atoms with Gasteiger partial charge in [0.2, 0.25) is 0 Å². The number of carbonyl (C=O) groups is 1. The van der Waals surface area contributed by atoms with Crippen LogP contribution in [-0.2, 0) is 11.0 Å². The summed E-state index contributed by atoms with van der Waals surface area (Å²) in [5, 5.41) is 3.78. The molecule has 2 aromatic carbocycles. The Kier molecular flexibility index (Phi) is 6.54. The van der Waals surface area contributed by atoms with Crippen LogP contribution in [-0.4, -0.2) is 18.7 Å². The number of alkyl halides is 3. The fourth-order valence-corrected chi connectivity index (χ4v) is 2.00. The smallest absolute Gasteiger partial charge is 0.416 e. The standard InChI is InChI=1S/C19H17F3N2O2/c1-14(10-15-6-3-2-4-7-15)12-23-24-18(25)13-26-17-9-5-8-16(11-17)19(20,21)22/h2-12H,13H2,1H3,(H,24,25)/b14-10-,23-12-. The number of nitrogens with one attached hydrogen (secondary N) is 1. The molecule has 0 heterocycles. The molecule has 4 nitrogen and oxygen atoms in total. The summed E-state index contributed by atoms with van der Waals surface area (Å²) in [4.78, 5) is 11.6. The highest BCUT2D eigenvalue weighted by molar-refractivity contribution is 5.86. The lowest BCUT2D eigenvalue weighted by atomic mass is 10.1. The second kappa shape index (κ2) is 8.84. The normalized spacial score (nSPS) is 12.2. The average molecular weight is 362 g/mol. The third kappa shape index (κ3) is 6.43. The Balaban J connectivity index is 1.83. The van der Waals surface area contributed by atoms with Crippen molar-refractivity contribution in [2.24, 2.45) is 5.10 Å². The van der Waals surface area contributed by atoms with Crippen molar-refractivity contribution in [1.29, 1.82) is 0 Å². The van der Waals surface area contributed by atoms with Crippen molar-refractivity contribution < 1.29 is 22.7 Å². The number of halogens is 3. The number of hydrogen-bond acceptors (Lipinski definition) is 3. The van der Waals surface area contributed by atoms with E-state index < -0.39 is 24.3 Å². The molecule has 0 radical (unpaired) electrons. The monoisotopic (exact) mass is 362 g/mol. The summed E-state index contributed by atoms with van der Waals surface area (Å²) in [6.07, 6.45) is -1.11. The van der Waals surface area contributed by atoms with Crippen LogP contribution in [0.2, 0.25) is 0 Å². The molecule has 0 spiro atoms. The Morgan fingerprint density at radius 2 is 1.88 bits per heavy atom. The highest BCUT2D eigenvalue weighted by atomic mass is 19.4. The van der Waals surface area contributed by atoms with E-state index in [1.165, 1.54) is 18.3 Å². The summed E-state index contributed by atoms with van der Waals surface area (Å²) >= 11 is 0. The molecule has 0 bridgehead atoms. The molecular formula is C19H17F3N2O2. The van der Waals surface area contributed by atoms with Gasteiger partial charge in [0.15, 0.2) is 6.61 Å². The molecule has 7 heteroatoms. The molecule has 0 atom stereocenters. The molecule has 0 aliphatic carbocycles. The molecule has 0 saturated heterocycles. The van der Waals surface area contributed by atoms with Gasteiger partial charge < -0.3 is 4.74 Å².